The summed E-state index contributed by atoms with van der Waals surface area (Å²) in [7, 11) is 0. The second kappa shape index (κ2) is 4.15. The van der Waals surface area contributed by atoms with Crippen LogP contribution in [0.4, 0.5) is 13.2 Å². The molecule has 0 saturated heterocycles. The Morgan fingerprint density at radius 2 is 2.08 bits per heavy atom. The minimum Gasteiger partial charge on any atom is -0.217 e. The molecule has 1 aromatic heterocycles. The molecule has 0 aliphatic heterocycles. The molecule has 0 unspecified atom stereocenters. The lowest BCUT2D eigenvalue weighted by molar-refractivity contribution is 0.144. The SMILES string of the molecule is Fc1nc(C(F)F)c(CCl)cc1Cl. The zero-order valence-corrected chi connectivity index (χ0v) is 7.71. The van der Waals surface area contributed by atoms with Crippen molar-refractivity contribution >= 4 is 23.2 Å². The van der Waals surface area contributed by atoms with E-state index < -0.39 is 18.1 Å². The van der Waals surface area contributed by atoms with Crippen LogP contribution in [0, 0.1) is 5.95 Å². The highest BCUT2D eigenvalue weighted by atomic mass is 35.5. The fourth-order valence-electron chi connectivity index (χ4n) is 0.813. The quantitative estimate of drug-likeness (QED) is 0.559. The van der Waals surface area contributed by atoms with Gasteiger partial charge < -0.3 is 0 Å². The number of aromatic nitrogens is 1. The minimum atomic E-state index is -2.85. The summed E-state index contributed by atoms with van der Waals surface area (Å²) < 4.78 is 37.0. The number of pyridine rings is 1. The Hall–Kier alpha value is -0.480. The maximum Gasteiger partial charge on any atom is 0.280 e. The Morgan fingerprint density at radius 1 is 1.46 bits per heavy atom. The summed E-state index contributed by atoms with van der Waals surface area (Å²) in [4.78, 5) is 3.01. The maximum atomic E-state index is 12.6. The normalized spacial score (nSPS) is 10.9. The van der Waals surface area contributed by atoms with E-state index >= 15 is 0 Å². The Balaban J connectivity index is 3.25. The Labute approximate surface area is 82.5 Å². The van der Waals surface area contributed by atoms with Crippen molar-refractivity contribution in [3.05, 3.63) is 28.3 Å². The molecule has 1 heterocycles. The lowest BCUT2D eigenvalue weighted by Crippen LogP contribution is -1.99. The third kappa shape index (κ3) is 2.25. The van der Waals surface area contributed by atoms with Gasteiger partial charge in [-0.3, -0.25) is 0 Å². The first-order chi connectivity index (χ1) is 6.06. The van der Waals surface area contributed by atoms with Crippen molar-refractivity contribution in [1.82, 2.24) is 4.98 Å². The summed E-state index contributed by atoms with van der Waals surface area (Å²) >= 11 is 10.7. The lowest BCUT2D eigenvalue weighted by Gasteiger charge is -2.05. The molecule has 1 rings (SSSR count). The first-order valence-corrected chi connectivity index (χ1v) is 4.16. The molecule has 0 bridgehead atoms. The van der Waals surface area contributed by atoms with Crippen molar-refractivity contribution < 1.29 is 13.2 Å². The highest BCUT2D eigenvalue weighted by Crippen LogP contribution is 2.25. The zero-order valence-electron chi connectivity index (χ0n) is 6.20. The van der Waals surface area contributed by atoms with Crippen LogP contribution >= 0.6 is 23.2 Å². The maximum absolute atomic E-state index is 12.6. The summed E-state index contributed by atoms with van der Waals surface area (Å²) in [5.41, 5.74) is -0.611. The van der Waals surface area contributed by atoms with Crippen LogP contribution < -0.4 is 0 Å². The molecule has 0 radical (unpaired) electrons. The van der Waals surface area contributed by atoms with Crippen LogP contribution in [-0.2, 0) is 5.88 Å². The molecule has 0 aliphatic carbocycles. The van der Waals surface area contributed by atoms with Gasteiger partial charge in [0.2, 0.25) is 5.95 Å². The number of hydrogen-bond donors (Lipinski definition) is 0. The van der Waals surface area contributed by atoms with E-state index in [-0.39, 0.29) is 16.5 Å². The van der Waals surface area contributed by atoms with Gasteiger partial charge in [0.25, 0.3) is 6.43 Å². The van der Waals surface area contributed by atoms with Gasteiger partial charge in [-0.05, 0) is 11.6 Å². The van der Waals surface area contributed by atoms with E-state index in [1.807, 2.05) is 0 Å². The molecule has 0 amide bonds. The van der Waals surface area contributed by atoms with Crippen molar-refractivity contribution in [3.63, 3.8) is 0 Å². The van der Waals surface area contributed by atoms with Crippen LogP contribution in [0.5, 0.6) is 0 Å². The monoisotopic (exact) mass is 229 g/mol. The number of rotatable bonds is 2. The standard InChI is InChI=1S/C7H4Cl2F3N/c8-2-3-1-4(9)7(12)13-5(3)6(10)11/h1,6H,2H2. The molecular weight excluding hydrogens is 226 g/mol. The fraction of sp³-hybridized carbons (Fsp3) is 0.286. The van der Waals surface area contributed by atoms with Gasteiger partial charge in [-0.1, -0.05) is 11.6 Å². The fourth-order valence-corrected chi connectivity index (χ4v) is 1.20. The molecular formula is C7H4Cl2F3N. The molecule has 13 heavy (non-hydrogen) atoms. The second-order valence-electron chi connectivity index (χ2n) is 2.24. The van der Waals surface area contributed by atoms with E-state index in [1.165, 1.54) is 0 Å². The average Bonchev–Trinajstić information content (AvgIpc) is 2.08. The van der Waals surface area contributed by atoms with Gasteiger partial charge in [-0.25, -0.2) is 13.8 Å². The molecule has 72 valence electrons. The van der Waals surface area contributed by atoms with E-state index in [2.05, 4.69) is 4.98 Å². The van der Waals surface area contributed by atoms with Crippen LogP contribution in [0.2, 0.25) is 5.02 Å². The number of alkyl halides is 3. The summed E-state index contributed by atoms with van der Waals surface area (Å²) in [6, 6.07) is 1.05. The van der Waals surface area contributed by atoms with E-state index in [4.69, 9.17) is 23.2 Å². The van der Waals surface area contributed by atoms with E-state index in [0.717, 1.165) is 6.07 Å². The predicted octanol–water partition coefficient (Wildman–Crippen LogP) is 3.55. The minimum absolute atomic E-state index is 0.0445. The van der Waals surface area contributed by atoms with Crippen molar-refractivity contribution in [1.29, 1.82) is 0 Å². The third-order valence-corrected chi connectivity index (χ3v) is 1.95. The van der Waals surface area contributed by atoms with E-state index in [9.17, 15) is 13.2 Å². The Kier molecular flexibility index (Phi) is 3.39. The van der Waals surface area contributed by atoms with Crippen molar-refractivity contribution in [2.75, 3.05) is 0 Å². The summed E-state index contributed by atoms with van der Waals surface area (Å²) in [5.74, 6) is -1.28. The average molecular weight is 230 g/mol. The molecule has 0 aromatic carbocycles. The molecule has 1 aromatic rings. The van der Waals surface area contributed by atoms with Crippen LogP contribution in [0.15, 0.2) is 6.07 Å². The van der Waals surface area contributed by atoms with Gasteiger partial charge in [0.05, 0.1) is 5.02 Å². The van der Waals surface area contributed by atoms with Gasteiger partial charge >= 0.3 is 0 Å². The van der Waals surface area contributed by atoms with Gasteiger partial charge in [0, 0.05) is 5.88 Å². The highest BCUT2D eigenvalue weighted by molar-refractivity contribution is 6.30. The molecule has 0 saturated carbocycles. The molecule has 1 nitrogen and oxygen atoms in total. The smallest absolute Gasteiger partial charge is 0.217 e. The number of nitrogens with zero attached hydrogens (tertiary/aromatic N) is 1. The number of hydrogen-bond acceptors (Lipinski definition) is 1. The zero-order chi connectivity index (χ0) is 10.0. The lowest BCUT2D eigenvalue weighted by atomic mass is 10.2. The van der Waals surface area contributed by atoms with E-state index in [1.54, 1.807) is 0 Å². The van der Waals surface area contributed by atoms with Gasteiger partial charge in [-0.15, -0.1) is 11.6 Å². The van der Waals surface area contributed by atoms with Crippen LogP contribution in [0.25, 0.3) is 0 Å². The largest absolute Gasteiger partial charge is 0.280 e. The van der Waals surface area contributed by atoms with Crippen molar-refractivity contribution in [3.8, 4) is 0 Å². The van der Waals surface area contributed by atoms with E-state index in [0.29, 0.717) is 0 Å². The molecule has 0 aliphatic rings. The third-order valence-electron chi connectivity index (χ3n) is 1.40. The first-order valence-electron chi connectivity index (χ1n) is 3.25. The first kappa shape index (κ1) is 10.6. The van der Waals surface area contributed by atoms with Crippen molar-refractivity contribution in [2.45, 2.75) is 12.3 Å². The van der Waals surface area contributed by atoms with Gasteiger partial charge in [-0.2, -0.15) is 4.39 Å². The topological polar surface area (TPSA) is 12.9 Å². The summed E-state index contributed by atoms with van der Waals surface area (Å²) in [6.45, 7) is 0. The molecule has 0 fully saturated rings. The molecule has 0 N–H and O–H groups in total. The number of halogens is 5. The molecule has 6 heteroatoms. The van der Waals surface area contributed by atoms with Crippen LogP contribution in [0.1, 0.15) is 17.7 Å². The highest BCUT2D eigenvalue weighted by Gasteiger charge is 2.17. The van der Waals surface area contributed by atoms with Crippen LogP contribution in [-0.4, -0.2) is 4.98 Å². The van der Waals surface area contributed by atoms with Gasteiger partial charge in [0.15, 0.2) is 0 Å². The van der Waals surface area contributed by atoms with Crippen LogP contribution in [0.3, 0.4) is 0 Å². The summed E-state index contributed by atoms with van der Waals surface area (Å²) in [5, 5.41) is -0.306. The van der Waals surface area contributed by atoms with Gasteiger partial charge in [0.1, 0.15) is 5.69 Å². The summed E-state index contributed by atoms with van der Waals surface area (Å²) in [6.07, 6.45) is -2.85. The second-order valence-corrected chi connectivity index (χ2v) is 2.91. The van der Waals surface area contributed by atoms with Crippen molar-refractivity contribution in [2.24, 2.45) is 0 Å². The Bertz CT molecular complexity index is 317. The Morgan fingerprint density at radius 3 is 2.54 bits per heavy atom. The molecule has 0 atom stereocenters. The predicted molar refractivity (Wildman–Crippen MR) is 43.7 cm³/mol. The molecule has 0 spiro atoms.